The molecule has 3 aliphatic rings. The smallest absolute Gasteiger partial charge is 0.326 e. The number of anilines is 2. The van der Waals surface area contributed by atoms with E-state index >= 15 is 0 Å². The molecule has 23 heteroatoms. The average Bonchev–Trinajstić information content (AvgIpc) is 4.02. The van der Waals surface area contributed by atoms with Crippen LogP contribution in [0.3, 0.4) is 0 Å². The fourth-order valence-electron chi connectivity index (χ4n) is 9.93. The third kappa shape index (κ3) is 14.0. The number of carbonyl (C=O) groups is 5. The van der Waals surface area contributed by atoms with Gasteiger partial charge in [0.1, 0.15) is 35.1 Å². The maximum atomic E-state index is 13.5. The van der Waals surface area contributed by atoms with Crippen molar-refractivity contribution >= 4 is 41.2 Å². The molecule has 422 valence electrons. The third-order valence-electron chi connectivity index (χ3n) is 14.7. The summed E-state index contributed by atoms with van der Waals surface area (Å²) in [5, 5.41) is 33.3. The van der Waals surface area contributed by atoms with Gasteiger partial charge >= 0.3 is 5.97 Å². The second-order valence-electron chi connectivity index (χ2n) is 22.3. The Kier molecular flexibility index (Phi) is 17.4. The molecule has 3 N–H and O–H groups in total. The number of piperazine rings is 1. The number of carbonyl (C=O) groups excluding carboxylic acids is 4. The Morgan fingerprint density at radius 1 is 0.926 bits per heavy atom. The molecule has 23 nitrogen and oxygen atoms in total. The van der Waals surface area contributed by atoms with E-state index in [4.69, 9.17) is 14.5 Å². The lowest BCUT2D eigenvalue weighted by atomic mass is 9.88. The number of hydrogen-bond donors (Lipinski definition) is 3. The molecular formula is C58H67N15O8. The zero-order chi connectivity index (χ0) is 57.4. The minimum absolute atomic E-state index is 0.0558. The molecule has 2 atom stereocenters. The summed E-state index contributed by atoms with van der Waals surface area (Å²) < 4.78 is 13.8. The number of carboxylic acids is 1. The molecule has 0 saturated carbocycles. The summed E-state index contributed by atoms with van der Waals surface area (Å²) in [5.41, 5.74) is 3.48. The van der Waals surface area contributed by atoms with Crippen LogP contribution in [0.15, 0.2) is 91.6 Å². The lowest BCUT2D eigenvalue weighted by molar-refractivity contribution is -0.139. The molecule has 5 aromatic heterocycles. The molecule has 0 unspecified atom stereocenters. The molecule has 8 heterocycles. The molecular weight excluding hydrogens is 1030 g/mol. The lowest BCUT2D eigenvalue weighted by Gasteiger charge is -2.40. The fourth-order valence-corrected chi connectivity index (χ4v) is 9.93. The summed E-state index contributed by atoms with van der Waals surface area (Å²) in [5.74, 6) is -0.173. The maximum absolute atomic E-state index is 13.5. The number of hydrogen-bond acceptors (Lipinski definition) is 18. The second-order valence-corrected chi connectivity index (χ2v) is 22.3. The highest BCUT2D eigenvalue weighted by molar-refractivity contribution is 6.13. The fraction of sp³-hybridized carbons (Fsp3) is 0.431. The Balaban J connectivity index is 0.643. The summed E-state index contributed by atoms with van der Waals surface area (Å²) in [6.45, 7) is 16.6. The lowest BCUT2D eigenvalue weighted by Crippen LogP contribution is -2.56. The minimum Gasteiger partial charge on any atom is -0.480 e. The summed E-state index contributed by atoms with van der Waals surface area (Å²) in [6.07, 6.45) is 10.1. The monoisotopic (exact) mass is 1100 g/mol. The molecule has 0 spiro atoms. The van der Waals surface area contributed by atoms with Crippen molar-refractivity contribution < 1.29 is 38.6 Å². The van der Waals surface area contributed by atoms with E-state index in [2.05, 4.69) is 51.9 Å². The first-order chi connectivity index (χ1) is 38.8. The number of nitrogens with zero attached hydrogens (tertiary/aromatic N) is 13. The van der Waals surface area contributed by atoms with Gasteiger partial charge in [0.05, 0.1) is 54.4 Å². The zero-order valence-corrected chi connectivity index (χ0v) is 46.4. The highest BCUT2D eigenvalue weighted by Crippen LogP contribution is 2.40. The van der Waals surface area contributed by atoms with Crippen molar-refractivity contribution in [2.75, 3.05) is 62.2 Å². The number of benzene rings is 1. The van der Waals surface area contributed by atoms with Crippen molar-refractivity contribution in [2.45, 2.75) is 104 Å². The van der Waals surface area contributed by atoms with Crippen molar-refractivity contribution in [3.63, 3.8) is 0 Å². The number of Topliss-reactive ketones (excluding diaryl/α,β-unsaturated/α-hetero) is 1. The van der Waals surface area contributed by atoms with Crippen LogP contribution >= 0.6 is 0 Å². The standard InChI is InChI=1S/C58H67N15O8/c1-37-32-70(56-63-29-41(30-64-56)45-16-15-44-52(76)58(5,6)73(53(44)65-45)33-40-11-8-20-60-47(40)27-59)22-23-72(37)51(75)31-61-49(74)13-9-21-69-34-43(35-69)80-25-24-71-36-48(67-68-71)38-10-7-12-42(26-38)81-50-17-14-39(28-62-50)54(77)66-46(55(78)79)18-19-57(2,3)4/h7-8,10-12,14-17,20,26,28-30,36-37,43,46H,9,13,18-19,21-25,31-35H2,1-6H3,(H,61,74)(H,66,77)(H,78,79)/t37-,46+/m1/s1. The van der Waals surface area contributed by atoms with Crippen LogP contribution < -0.4 is 25.2 Å². The number of aliphatic carboxylic acids is 1. The Labute approximate surface area is 469 Å². The Bertz CT molecular complexity index is 3300. The van der Waals surface area contributed by atoms with E-state index in [1.54, 1.807) is 58.5 Å². The third-order valence-corrected chi connectivity index (χ3v) is 14.7. The van der Waals surface area contributed by atoms with Gasteiger partial charge in [0.15, 0.2) is 5.78 Å². The van der Waals surface area contributed by atoms with Gasteiger partial charge in [-0.05, 0) is 88.4 Å². The SMILES string of the molecule is C[C@@H]1CN(c2ncc(-c3ccc4c(n3)N(Cc3cccnc3C#N)C(C)(C)C4=O)cn2)CCN1C(=O)CNC(=O)CCCN1CC(OCCn2cc(-c3cccc(Oc4ccc(C(=O)N[C@@H](CCC(C)(C)C)C(=O)O)cn4)c3)nn2)C1. The van der Waals surface area contributed by atoms with Crippen molar-refractivity contribution in [3.8, 4) is 40.2 Å². The molecule has 0 aliphatic carbocycles. The number of likely N-dealkylation sites (tertiary alicyclic amines) is 1. The van der Waals surface area contributed by atoms with Crippen LogP contribution in [0.25, 0.3) is 22.5 Å². The predicted octanol–water partition coefficient (Wildman–Crippen LogP) is 5.58. The largest absolute Gasteiger partial charge is 0.480 e. The van der Waals surface area contributed by atoms with E-state index in [0.29, 0.717) is 110 Å². The number of nitriles is 1. The molecule has 0 bridgehead atoms. The highest BCUT2D eigenvalue weighted by Gasteiger charge is 2.45. The van der Waals surface area contributed by atoms with E-state index in [1.165, 1.54) is 12.3 Å². The number of fused-ring (bicyclic) bond motifs is 1. The van der Waals surface area contributed by atoms with E-state index in [9.17, 15) is 34.3 Å². The normalized spacial score (nSPS) is 16.5. The van der Waals surface area contributed by atoms with Crippen LogP contribution in [0, 0.1) is 16.7 Å². The number of ketones is 1. The molecule has 3 amide bonds. The summed E-state index contributed by atoms with van der Waals surface area (Å²) >= 11 is 0. The van der Waals surface area contributed by atoms with Gasteiger partial charge in [0.2, 0.25) is 23.6 Å². The molecule has 9 rings (SSSR count). The quantitative estimate of drug-likeness (QED) is 0.0748. The maximum Gasteiger partial charge on any atom is 0.326 e. The Morgan fingerprint density at radius 3 is 2.46 bits per heavy atom. The molecule has 3 aliphatic heterocycles. The average molecular weight is 1100 g/mol. The number of rotatable bonds is 22. The van der Waals surface area contributed by atoms with Crippen LogP contribution in [0.4, 0.5) is 11.8 Å². The number of aromatic nitrogens is 8. The van der Waals surface area contributed by atoms with Crippen LogP contribution in [-0.4, -0.2) is 160 Å². The van der Waals surface area contributed by atoms with Crippen molar-refractivity contribution in [3.05, 3.63) is 114 Å². The number of ether oxygens (including phenoxy) is 2. The molecule has 2 saturated heterocycles. The van der Waals surface area contributed by atoms with Gasteiger partial charge in [-0.15, -0.1) is 5.10 Å². The van der Waals surface area contributed by atoms with Gasteiger partial charge in [0, 0.05) is 99.3 Å². The first-order valence-electron chi connectivity index (χ1n) is 27.1. The Morgan fingerprint density at radius 2 is 1.73 bits per heavy atom. The molecule has 1 aromatic carbocycles. The summed E-state index contributed by atoms with van der Waals surface area (Å²) in [4.78, 5) is 94.7. The number of pyridine rings is 3. The number of amides is 3. The predicted molar refractivity (Wildman–Crippen MR) is 298 cm³/mol. The van der Waals surface area contributed by atoms with E-state index in [0.717, 1.165) is 25.2 Å². The van der Waals surface area contributed by atoms with Crippen molar-refractivity contribution in [2.24, 2.45) is 5.41 Å². The van der Waals surface area contributed by atoms with Gasteiger partial charge in [-0.3, -0.25) is 24.1 Å². The van der Waals surface area contributed by atoms with Gasteiger partial charge in [0.25, 0.3) is 5.91 Å². The number of carboxylic acid groups (broad SMARTS) is 1. The van der Waals surface area contributed by atoms with Crippen LogP contribution in [0.1, 0.15) is 99.2 Å². The zero-order valence-electron chi connectivity index (χ0n) is 46.4. The second kappa shape index (κ2) is 24.7. The minimum atomic E-state index is -1.08. The topological polar surface area (TPSA) is 280 Å². The van der Waals surface area contributed by atoms with Gasteiger partial charge in [-0.2, -0.15) is 5.26 Å². The van der Waals surface area contributed by atoms with Crippen molar-refractivity contribution in [1.29, 1.82) is 5.26 Å². The van der Waals surface area contributed by atoms with Crippen LogP contribution in [0.5, 0.6) is 11.6 Å². The first kappa shape index (κ1) is 57.0. The van der Waals surface area contributed by atoms with Crippen LogP contribution in [0.2, 0.25) is 0 Å². The summed E-state index contributed by atoms with van der Waals surface area (Å²) in [7, 11) is 0. The molecule has 0 radical (unpaired) electrons. The van der Waals surface area contributed by atoms with E-state index in [-0.39, 0.29) is 59.7 Å². The van der Waals surface area contributed by atoms with Crippen LogP contribution in [-0.2, 0) is 32.2 Å². The molecule has 6 aromatic rings. The Hall–Kier alpha value is -8.75. The van der Waals surface area contributed by atoms with Gasteiger partial charge in [-0.25, -0.2) is 34.4 Å². The van der Waals surface area contributed by atoms with E-state index < -0.39 is 23.5 Å². The molecule has 2 fully saturated rings. The molecule has 81 heavy (non-hydrogen) atoms. The van der Waals surface area contributed by atoms with Gasteiger partial charge < -0.3 is 39.9 Å². The first-order valence-corrected chi connectivity index (χ1v) is 27.1. The van der Waals surface area contributed by atoms with Gasteiger partial charge in [-0.1, -0.05) is 44.2 Å². The highest BCUT2D eigenvalue weighted by atomic mass is 16.5. The number of nitrogens with one attached hydrogen (secondary N) is 2. The summed E-state index contributed by atoms with van der Waals surface area (Å²) in [6, 6.07) is 18.5. The van der Waals surface area contributed by atoms with E-state index in [1.807, 2.05) is 81.8 Å². The van der Waals surface area contributed by atoms with Crippen molar-refractivity contribution in [1.82, 2.24) is 60.3 Å².